The summed E-state index contributed by atoms with van der Waals surface area (Å²) >= 11 is 1.64. The van der Waals surface area contributed by atoms with Gasteiger partial charge in [0.25, 0.3) is 0 Å². The molecule has 19 heavy (non-hydrogen) atoms. The lowest BCUT2D eigenvalue weighted by molar-refractivity contribution is 0.103. The van der Waals surface area contributed by atoms with Gasteiger partial charge >= 0.3 is 0 Å². The average molecular weight is 264 g/mol. The van der Waals surface area contributed by atoms with Gasteiger partial charge in [0.15, 0.2) is 5.78 Å². The third-order valence-corrected chi connectivity index (χ3v) is 3.72. The topological polar surface area (TPSA) is 17.1 Å². The van der Waals surface area contributed by atoms with E-state index >= 15 is 0 Å². The first-order chi connectivity index (χ1) is 9.36. The van der Waals surface area contributed by atoms with Gasteiger partial charge in [-0.25, -0.2) is 0 Å². The van der Waals surface area contributed by atoms with Gasteiger partial charge in [0, 0.05) is 11.1 Å². The number of thiophene rings is 1. The highest BCUT2D eigenvalue weighted by Gasteiger charge is 2.13. The van der Waals surface area contributed by atoms with Crippen molar-refractivity contribution in [1.82, 2.24) is 0 Å². The fourth-order valence-corrected chi connectivity index (χ4v) is 2.75. The first-order valence-electron chi connectivity index (χ1n) is 6.07. The molecule has 3 aromatic rings. The molecule has 0 aliphatic carbocycles. The minimum atomic E-state index is 0.0717. The highest BCUT2D eigenvalue weighted by atomic mass is 32.1. The van der Waals surface area contributed by atoms with Crippen LogP contribution in [0.5, 0.6) is 0 Å². The molecule has 1 aromatic heterocycles. The van der Waals surface area contributed by atoms with E-state index < -0.39 is 0 Å². The molecule has 0 fully saturated rings. The minimum absolute atomic E-state index is 0.0717. The summed E-state index contributed by atoms with van der Waals surface area (Å²) in [4.78, 5) is 12.6. The first kappa shape index (κ1) is 11.9. The second kappa shape index (κ2) is 5.21. The van der Waals surface area contributed by atoms with E-state index in [1.165, 1.54) is 0 Å². The number of benzene rings is 2. The van der Waals surface area contributed by atoms with Gasteiger partial charge in [-0.2, -0.15) is 11.3 Å². The molecule has 0 spiro atoms. The third-order valence-electron chi connectivity index (χ3n) is 3.04. The average Bonchev–Trinajstić information content (AvgIpc) is 3.01. The predicted octanol–water partition coefficient (Wildman–Crippen LogP) is 4.65. The smallest absolute Gasteiger partial charge is 0.193 e. The maximum atomic E-state index is 12.6. The van der Waals surface area contributed by atoms with Gasteiger partial charge in [-0.1, -0.05) is 54.6 Å². The molecule has 0 saturated carbocycles. The Bertz CT molecular complexity index is 684. The van der Waals surface area contributed by atoms with Crippen LogP contribution in [0.4, 0.5) is 0 Å². The monoisotopic (exact) mass is 264 g/mol. The van der Waals surface area contributed by atoms with Crippen LogP contribution in [0.1, 0.15) is 15.9 Å². The molecule has 0 aliphatic heterocycles. The number of hydrogen-bond acceptors (Lipinski definition) is 2. The summed E-state index contributed by atoms with van der Waals surface area (Å²) in [5.74, 6) is 0.0717. The van der Waals surface area contributed by atoms with Gasteiger partial charge < -0.3 is 0 Å². The van der Waals surface area contributed by atoms with Crippen molar-refractivity contribution in [1.29, 1.82) is 0 Å². The summed E-state index contributed by atoms with van der Waals surface area (Å²) in [6.45, 7) is 0. The van der Waals surface area contributed by atoms with E-state index in [-0.39, 0.29) is 5.78 Å². The highest BCUT2D eigenvalue weighted by Crippen LogP contribution is 2.27. The van der Waals surface area contributed by atoms with E-state index in [9.17, 15) is 4.79 Å². The van der Waals surface area contributed by atoms with E-state index in [0.717, 1.165) is 22.3 Å². The Kier molecular flexibility index (Phi) is 3.25. The molecule has 92 valence electrons. The zero-order chi connectivity index (χ0) is 13.1. The first-order valence-corrected chi connectivity index (χ1v) is 7.02. The summed E-state index contributed by atoms with van der Waals surface area (Å²) < 4.78 is 0. The molecule has 0 aliphatic rings. The number of carbonyl (C=O) groups excluding carboxylic acids is 1. The van der Waals surface area contributed by atoms with Crippen LogP contribution in [-0.4, -0.2) is 5.78 Å². The lowest BCUT2D eigenvalue weighted by atomic mass is 9.95. The molecular formula is C17H12OS. The molecule has 0 bridgehead atoms. The number of ketones is 1. The SMILES string of the molecule is O=C(c1ccccc1)c1ccccc1-c1ccsc1. The van der Waals surface area contributed by atoms with Crippen molar-refractivity contribution in [3.63, 3.8) is 0 Å². The summed E-state index contributed by atoms with van der Waals surface area (Å²) in [6, 6.07) is 19.2. The lowest BCUT2D eigenvalue weighted by Crippen LogP contribution is -2.02. The Morgan fingerprint density at radius 1 is 0.842 bits per heavy atom. The van der Waals surface area contributed by atoms with E-state index in [1.54, 1.807) is 11.3 Å². The maximum Gasteiger partial charge on any atom is 0.193 e. The second-order valence-electron chi connectivity index (χ2n) is 4.25. The molecule has 2 heteroatoms. The van der Waals surface area contributed by atoms with Crippen molar-refractivity contribution in [3.8, 4) is 11.1 Å². The fraction of sp³-hybridized carbons (Fsp3) is 0. The second-order valence-corrected chi connectivity index (χ2v) is 5.03. The molecule has 0 radical (unpaired) electrons. The quantitative estimate of drug-likeness (QED) is 0.629. The van der Waals surface area contributed by atoms with Crippen LogP contribution in [0.15, 0.2) is 71.4 Å². The van der Waals surface area contributed by atoms with Gasteiger partial charge in [0.2, 0.25) is 0 Å². The predicted molar refractivity (Wildman–Crippen MR) is 79.6 cm³/mol. The van der Waals surface area contributed by atoms with E-state index in [2.05, 4.69) is 5.38 Å². The fourth-order valence-electron chi connectivity index (χ4n) is 2.10. The summed E-state index contributed by atoms with van der Waals surface area (Å²) in [5, 5.41) is 4.09. The molecular weight excluding hydrogens is 252 g/mol. The van der Waals surface area contributed by atoms with E-state index in [4.69, 9.17) is 0 Å². The van der Waals surface area contributed by atoms with Crippen molar-refractivity contribution in [2.45, 2.75) is 0 Å². The van der Waals surface area contributed by atoms with Crippen LogP contribution in [0.25, 0.3) is 11.1 Å². The molecule has 3 rings (SSSR count). The molecule has 0 unspecified atom stereocenters. The van der Waals surface area contributed by atoms with Gasteiger partial charge in [-0.3, -0.25) is 4.79 Å². The molecule has 1 nitrogen and oxygen atoms in total. The summed E-state index contributed by atoms with van der Waals surface area (Å²) in [6.07, 6.45) is 0. The Morgan fingerprint density at radius 3 is 2.32 bits per heavy atom. The summed E-state index contributed by atoms with van der Waals surface area (Å²) in [5.41, 5.74) is 3.58. The number of rotatable bonds is 3. The van der Waals surface area contributed by atoms with Crippen LogP contribution in [0.3, 0.4) is 0 Å². The summed E-state index contributed by atoms with van der Waals surface area (Å²) in [7, 11) is 0. The molecule has 0 N–H and O–H groups in total. The van der Waals surface area contributed by atoms with Crippen molar-refractivity contribution in [3.05, 3.63) is 82.6 Å². The van der Waals surface area contributed by atoms with Gasteiger partial charge in [-0.05, 0) is 28.0 Å². The Balaban J connectivity index is 2.09. The molecule has 0 amide bonds. The minimum Gasteiger partial charge on any atom is -0.289 e. The number of carbonyl (C=O) groups is 1. The van der Waals surface area contributed by atoms with Crippen molar-refractivity contribution >= 4 is 17.1 Å². The highest BCUT2D eigenvalue weighted by molar-refractivity contribution is 7.08. The van der Waals surface area contributed by atoms with Crippen LogP contribution < -0.4 is 0 Å². The van der Waals surface area contributed by atoms with Crippen LogP contribution in [-0.2, 0) is 0 Å². The zero-order valence-corrected chi connectivity index (χ0v) is 11.1. The van der Waals surface area contributed by atoms with Gasteiger partial charge in [0.1, 0.15) is 0 Å². The van der Waals surface area contributed by atoms with Crippen molar-refractivity contribution in [2.75, 3.05) is 0 Å². The Labute approximate surface area is 116 Å². The lowest BCUT2D eigenvalue weighted by Gasteiger charge is -2.07. The maximum absolute atomic E-state index is 12.6. The normalized spacial score (nSPS) is 10.3. The van der Waals surface area contributed by atoms with Gasteiger partial charge in [0.05, 0.1) is 0 Å². The number of hydrogen-bond donors (Lipinski definition) is 0. The van der Waals surface area contributed by atoms with Crippen LogP contribution in [0.2, 0.25) is 0 Å². The molecule has 2 aromatic carbocycles. The van der Waals surface area contributed by atoms with Crippen LogP contribution in [0, 0.1) is 0 Å². The van der Waals surface area contributed by atoms with Crippen molar-refractivity contribution < 1.29 is 4.79 Å². The Hall–Kier alpha value is -2.19. The zero-order valence-electron chi connectivity index (χ0n) is 10.2. The standard InChI is InChI=1S/C17H12OS/c18-17(13-6-2-1-3-7-13)16-9-5-4-8-15(16)14-10-11-19-12-14/h1-12H. The molecule has 1 heterocycles. The Morgan fingerprint density at radius 2 is 1.58 bits per heavy atom. The molecule has 0 atom stereocenters. The largest absolute Gasteiger partial charge is 0.289 e. The van der Waals surface area contributed by atoms with Crippen LogP contribution >= 0.6 is 11.3 Å². The van der Waals surface area contributed by atoms with Crippen molar-refractivity contribution in [2.24, 2.45) is 0 Å². The molecule has 0 saturated heterocycles. The van der Waals surface area contributed by atoms with E-state index in [0.29, 0.717) is 0 Å². The van der Waals surface area contributed by atoms with E-state index in [1.807, 2.05) is 66.0 Å². The third kappa shape index (κ3) is 2.35. The van der Waals surface area contributed by atoms with Gasteiger partial charge in [-0.15, -0.1) is 0 Å².